The summed E-state index contributed by atoms with van der Waals surface area (Å²) in [7, 11) is 0. The lowest BCUT2D eigenvalue weighted by molar-refractivity contribution is 1.19. The molecule has 2 heterocycles. The third kappa shape index (κ3) is 1.82. The van der Waals surface area contributed by atoms with Gasteiger partial charge in [0.1, 0.15) is 5.69 Å². The maximum atomic E-state index is 4.40. The average Bonchev–Trinajstić information content (AvgIpc) is 2.87. The number of fused-ring (bicyclic) bond motifs is 1. The van der Waals surface area contributed by atoms with Crippen LogP contribution in [0.1, 0.15) is 6.92 Å². The highest BCUT2D eigenvalue weighted by Crippen LogP contribution is 2.31. The molecule has 0 atom stereocenters. The van der Waals surface area contributed by atoms with E-state index in [1.807, 2.05) is 25.1 Å². The van der Waals surface area contributed by atoms with E-state index in [-0.39, 0.29) is 0 Å². The highest BCUT2D eigenvalue weighted by Gasteiger charge is 2.12. The summed E-state index contributed by atoms with van der Waals surface area (Å²) in [6.07, 6.45) is 1.80. The Kier molecular flexibility index (Phi) is 2.90. The van der Waals surface area contributed by atoms with Gasteiger partial charge >= 0.3 is 0 Å². The predicted octanol–water partition coefficient (Wildman–Crippen LogP) is 3.19. The summed E-state index contributed by atoms with van der Waals surface area (Å²) in [5, 5.41) is 4.34. The first-order valence-electron chi connectivity index (χ1n) is 5.80. The molecule has 0 aliphatic rings. The van der Waals surface area contributed by atoms with Crippen molar-refractivity contribution in [1.29, 1.82) is 0 Å². The molecular formula is C13H12N4S. The normalized spacial score (nSPS) is 10.7. The van der Waals surface area contributed by atoms with Crippen LogP contribution in [-0.4, -0.2) is 20.3 Å². The van der Waals surface area contributed by atoms with Gasteiger partial charge in [-0.1, -0.05) is 18.2 Å². The number of pyridine rings is 1. The Labute approximate surface area is 109 Å². The Bertz CT molecular complexity index is 672. The van der Waals surface area contributed by atoms with E-state index >= 15 is 0 Å². The summed E-state index contributed by atoms with van der Waals surface area (Å²) >= 11 is 1.23. The third-order valence-corrected chi connectivity index (χ3v) is 3.26. The fourth-order valence-electron chi connectivity index (χ4n) is 1.96. The van der Waals surface area contributed by atoms with Gasteiger partial charge < -0.3 is 5.32 Å². The molecule has 0 saturated heterocycles. The number of nitrogens with one attached hydrogen (secondary N) is 1. The second-order valence-corrected chi connectivity index (χ2v) is 4.40. The predicted molar refractivity (Wildman–Crippen MR) is 74.8 cm³/mol. The lowest BCUT2D eigenvalue weighted by atomic mass is 10.1. The lowest BCUT2D eigenvalue weighted by Crippen LogP contribution is -1.98. The quantitative estimate of drug-likeness (QED) is 0.782. The molecule has 2 aromatic heterocycles. The van der Waals surface area contributed by atoms with Gasteiger partial charge in [-0.3, -0.25) is 4.98 Å². The molecule has 0 bridgehead atoms. The molecule has 1 N–H and O–H groups in total. The highest BCUT2D eigenvalue weighted by atomic mass is 32.1. The van der Waals surface area contributed by atoms with Crippen LogP contribution in [0.15, 0.2) is 36.5 Å². The fraction of sp³-hybridized carbons (Fsp3) is 0.154. The molecule has 0 unspecified atom stereocenters. The van der Waals surface area contributed by atoms with Crippen LogP contribution >= 0.6 is 11.7 Å². The molecule has 4 nitrogen and oxygen atoms in total. The smallest absolute Gasteiger partial charge is 0.168 e. The van der Waals surface area contributed by atoms with Gasteiger partial charge in [-0.15, -0.1) is 0 Å². The summed E-state index contributed by atoms with van der Waals surface area (Å²) in [5.41, 5.74) is 2.95. The van der Waals surface area contributed by atoms with Gasteiger partial charge in [-0.05, 0) is 19.1 Å². The van der Waals surface area contributed by atoms with Crippen molar-refractivity contribution in [3.63, 3.8) is 0 Å². The molecule has 90 valence electrons. The molecule has 0 aliphatic heterocycles. The number of rotatable bonds is 3. The van der Waals surface area contributed by atoms with Crippen molar-refractivity contribution in [2.75, 3.05) is 11.9 Å². The number of hydrogen-bond acceptors (Lipinski definition) is 5. The Morgan fingerprint density at radius 1 is 1.17 bits per heavy atom. The lowest BCUT2D eigenvalue weighted by Gasteiger charge is -2.05. The van der Waals surface area contributed by atoms with E-state index in [1.165, 1.54) is 11.7 Å². The van der Waals surface area contributed by atoms with Gasteiger partial charge in [-0.25, -0.2) is 0 Å². The van der Waals surface area contributed by atoms with Crippen LogP contribution in [0.25, 0.3) is 22.2 Å². The summed E-state index contributed by atoms with van der Waals surface area (Å²) in [6.45, 7) is 2.88. The van der Waals surface area contributed by atoms with E-state index in [9.17, 15) is 0 Å². The number of benzene rings is 1. The van der Waals surface area contributed by atoms with E-state index in [0.717, 1.165) is 34.5 Å². The van der Waals surface area contributed by atoms with Gasteiger partial charge in [0.05, 0.1) is 17.2 Å². The van der Waals surface area contributed by atoms with E-state index in [0.29, 0.717) is 0 Å². The van der Waals surface area contributed by atoms with E-state index in [1.54, 1.807) is 6.20 Å². The largest absolute Gasteiger partial charge is 0.368 e. The topological polar surface area (TPSA) is 50.7 Å². The van der Waals surface area contributed by atoms with Crippen molar-refractivity contribution >= 4 is 28.4 Å². The standard InChI is InChI=1S/C13H12N4S/c1-2-14-13-12(16-18-17-13)10-5-3-7-11-9(10)6-4-8-15-11/h3-8H,2H2,1H3,(H,14,17). The first-order valence-corrected chi connectivity index (χ1v) is 6.53. The Hall–Kier alpha value is -2.01. The molecule has 0 saturated carbocycles. The Balaban J connectivity index is 2.22. The van der Waals surface area contributed by atoms with Crippen LogP contribution in [0.5, 0.6) is 0 Å². The molecule has 18 heavy (non-hydrogen) atoms. The van der Waals surface area contributed by atoms with Gasteiger partial charge in [0.15, 0.2) is 5.82 Å². The van der Waals surface area contributed by atoms with Gasteiger partial charge in [0.25, 0.3) is 0 Å². The Morgan fingerprint density at radius 2 is 2.11 bits per heavy atom. The number of anilines is 1. The van der Waals surface area contributed by atoms with Gasteiger partial charge in [-0.2, -0.15) is 8.75 Å². The zero-order valence-electron chi connectivity index (χ0n) is 9.92. The van der Waals surface area contributed by atoms with Gasteiger partial charge in [0.2, 0.25) is 0 Å². The van der Waals surface area contributed by atoms with Gasteiger partial charge in [0, 0.05) is 23.7 Å². The second kappa shape index (κ2) is 4.70. The molecule has 0 spiro atoms. The maximum absolute atomic E-state index is 4.40. The van der Waals surface area contributed by atoms with Crippen molar-refractivity contribution in [2.24, 2.45) is 0 Å². The van der Waals surface area contributed by atoms with E-state index < -0.39 is 0 Å². The summed E-state index contributed by atoms with van der Waals surface area (Å²) < 4.78 is 8.68. The molecule has 1 aromatic carbocycles. The van der Waals surface area contributed by atoms with Crippen LogP contribution in [0.3, 0.4) is 0 Å². The molecule has 3 rings (SSSR count). The molecule has 0 amide bonds. The van der Waals surface area contributed by atoms with Crippen LogP contribution < -0.4 is 5.32 Å². The van der Waals surface area contributed by atoms with Crippen molar-refractivity contribution in [3.05, 3.63) is 36.5 Å². The van der Waals surface area contributed by atoms with Crippen LogP contribution in [0, 0.1) is 0 Å². The summed E-state index contributed by atoms with van der Waals surface area (Å²) in [4.78, 5) is 4.36. The number of hydrogen-bond donors (Lipinski definition) is 1. The monoisotopic (exact) mass is 256 g/mol. The Morgan fingerprint density at radius 3 is 3.00 bits per heavy atom. The van der Waals surface area contributed by atoms with Crippen LogP contribution in [0.4, 0.5) is 5.82 Å². The second-order valence-electron chi connectivity index (χ2n) is 3.87. The number of aromatic nitrogens is 3. The molecule has 0 aliphatic carbocycles. The first-order chi connectivity index (χ1) is 8.90. The van der Waals surface area contributed by atoms with E-state index in [2.05, 4.69) is 31.2 Å². The van der Waals surface area contributed by atoms with Crippen molar-refractivity contribution in [2.45, 2.75) is 6.92 Å². The van der Waals surface area contributed by atoms with Crippen molar-refractivity contribution < 1.29 is 0 Å². The number of nitrogens with zero attached hydrogens (tertiary/aromatic N) is 3. The minimum atomic E-state index is 0.835. The fourth-order valence-corrected chi connectivity index (χ4v) is 2.50. The first kappa shape index (κ1) is 11.1. The zero-order valence-corrected chi connectivity index (χ0v) is 10.7. The molecule has 0 radical (unpaired) electrons. The average molecular weight is 256 g/mol. The molecular weight excluding hydrogens is 244 g/mol. The van der Waals surface area contributed by atoms with Crippen molar-refractivity contribution in [3.8, 4) is 11.3 Å². The van der Waals surface area contributed by atoms with E-state index in [4.69, 9.17) is 0 Å². The van der Waals surface area contributed by atoms with Crippen LogP contribution in [-0.2, 0) is 0 Å². The zero-order chi connectivity index (χ0) is 12.4. The maximum Gasteiger partial charge on any atom is 0.168 e. The minimum Gasteiger partial charge on any atom is -0.368 e. The van der Waals surface area contributed by atoms with Crippen molar-refractivity contribution in [1.82, 2.24) is 13.7 Å². The van der Waals surface area contributed by atoms with Crippen LogP contribution in [0.2, 0.25) is 0 Å². The molecule has 5 heteroatoms. The minimum absolute atomic E-state index is 0.835. The highest BCUT2D eigenvalue weighted by molar-refractivity contribution is 6.99. The third-order valence-electron chi connectivity index (χ3n) is 2.73. The molecule has 3 aromatic rings. The summed E-state index contributed by atoms with van der Waals surface area (Å²) in [5.74, 6) is 0.846. The molecule has 0 fully saturated rings. The SMILES string of the molecule is CCNc1nsnc1-c1cccc2ncccc12. The summed E-state index contributed by atoms with van der Waals surface area (Å²) in [6, 6.07) is 10.1.